The van der Waals surface area contributed by atoms with E-state index in [2.05, 4.69) is 10.6 Å². The van der Waals surface area contributed by atoms with Gasteiger partial charge >= 0.3 is 5.97 Å². The van der Waals surface area contributed by atoms with E-state index in [-0.39, 0.29) is 11.8 Å². The van der Waals surface area contributed by atoms with Crippen LogP contribution in [0.3, 0.4) is 0 Å². The second kappa shape index (κ2) is 11.7. The topological polar surface area (TPSA) is 95.5 Å². The van der Waals surface area contributed by atoms with Crippen LogP contribution in [-0.2, 0) is 14.4 Å². The van der Waals surface area contributed by atoms with Gasteiger partial charge in [0.05, 0.1) is 11.8 Å². The molecule has 1 aliphatic rings. The number of carbonyl (C=O) groups excluding carboxylic acids is 2. The highest BCUT2D eigenvalue weighted by Gasteiger charge is 2.34. The Hall–Kier alpha value is -3.84. The van der Waals surface area contributed by atoms with Crippen molar-refractivity contribution >= 4 is 40.9 Å². The van der Waals surface area contributed by atoms with Gasteiger partial charge in [0.15, 0.2) is 0 Å². The molecule has 0 fully saturated rings. The Morgan fingerprint density at radius 3 is 2.22 bits per heavy atom. The molecule has 0 bridgehead atoms. The third-order valence-corrected chi connectivity index (χ3v) is 7.35. The quantitative estimate of drug-likeness (QED) is 0.258. The Bertz CT molecular complexity index is 1260. The number of aryl methyl sites for hydroxylation is 1. The van der Waals surface area contributed by atoms with E-state index in [0.717, 1.165) is 21.7 Å². The maximum atomic E-state index is 13.3. The summed E-state index contributed by atoms with van der Waals surface area (Å²) in [5, 5.41) is 14.9. The number of anilines is 2. The van der Waals surface area contributed by atoms with E-state index in [1.165, 1.54) is 11.8 Å². The van der Waals surface area contributed by atoms with Gasteiger partial charge in [-0.25, -0.2) is 0 Å². The molecule has 3 atom stereocenters. The van der Waals surface area contributed by atoms with Crippen molar-refractivity contribution < 1.29 is 19.5 Å². The number of rotatable bonds is 8. The van der Waals surface area contributed by atoms with Crippen LogP contribution in [-0.4, -0.2) is 22.9 Å². The first-order valence-corrected chi connectivity index (χ1v) is 12.7. The molecule has 0 radical (unpaired) electrons. The van der Waals surface area contributed by atoms with Gasteiger partial charge in [-0.3, -0.25) is 14.4 Å². The summed E-state index contributed by atoms with van der Waals surface area (Å²) in [6, 6.07) is 24.5. The Kier molecular flexibility index (Phi) is 8.23. The minimum atomic E-state index is -0.964. The van der Waals surface area contributed by atoms with E-state index in [1.807, 2.05) is 91.9 Å². The number of allylic oxidation sites excluding steroid dienone is 2. The highest BCUT2D eigenvalue weighted by atomic mass is 32.2. The molecule has 0 saturated carbocycles. The van der Waals surface area contributed by atoms with Crippen molar-refractivity contribution in [2.75, 3.05) is 10.6 Å². The van der Waals surface area contributed by atoms with Crippen molar-refractivity contribution in [2.45, 2.75) is 29.9 Å². The lowest BCUT2D eigenvalue weighted by Gasteiger charge is -2.24. The van der Waals surface area contributed by atoms with Crippen molar-refractivity contribution in [3.8, 4) is 0 Å². The molecule has 0 aliphatic heterocycles. The van der Waals surface area contributed by atoms with Gasteiger partial charge in [-0.05, 0) is 55.7 Å². The fourth-order valence-corrected chi connectivity index (χ4v) is 5.22. The summed E-state index contributed by atoms with van der Waals surface area (Å²) < 4.78 is 0. The van der Waals surface area contributed by atoms with Crippen molar-refractivity contribution in [3.63, 3.8) is 0 Å². The normalized spacial score (nSPS) is 17.7. The molecule has 0 heterocycles. The number of aliphatic carboxylic acids is 1. The molecular weight excluding hydrogens is 472 g/mol. The fraction of sp³-hybridized carbons (Fsp3) is 0.207. The minimum Gasteiger partial charge on any atom is -0.481 e. The zero-order chi connectivity index (χ0) is 25.5. The summed E-state index contributed by atoms with van der Waals surface area (Å²) in [7, 11) is 0. The molecule has 6 nitrogen and oxygen atoms in total. The van der Waals surface area contributed by atoms with E-state index in [0.29, 0.717) is 18.5 Å². The third kappa shape index (κ3) is 6.43. The molecule has 184 valence electrons. The molecule has 3 N–H and O–H groups in total. The number of hydrogen-bond acceptors (Lipinski definition) is 4. The minimum absolute atomic E-state index is 0.150. The van der Waals surface area contributed by atoms with Crippen molar-refractivity contribution in [1.29, 1.82) is 0 Å². The highest BCUT2D eigenvalue weighted by Crippen LogP contribution is 2.37. The van der Waals surface area contributed by atoms with E-state index in [9.17, 15) is 19.5 Å². The van der Waals surface area contributed by atoms with Gasteiger partial charge < -0.3 is 15.7 Å². The summed E-state index contributed by atoms with van der Waals surface area (Å²) in [6.45, 7) is 1.99. The summed E-state index contributed by atoms with van der Waals surface area (Å²) in [5.41, 5.74) is 3.26. The number of thioether (sulfide) groups is 1. The van der Waals surface area contributed by atoms with E-state index in [4.69, 9.17) is 0 Å². The average Bonchev–Trinajstić information content (AvgIpc) is 2.89. The van der Waals surface area contributed by atoms with E-state index >= 15 is 0 Å². The second-order valence-electron chi connectivity index (χ2n) is 8.77. The Morgan fingerprint density at radius 1 is 0.833 bits per heavy atom. The van der Waals surface area contributed by atoms with Crippen LogP contribution in [0.15, 0.2) is 95.9 Å². The van der Waals surface area contributed by atoms with Gasteiger partial charge in [0.25, 0.3) is 0 Å². The molecule has 4 rings (SSSR count). The first-order chi connectivity index (χ1) is 17.4. The van der Waals surface area contributed by atoms with Crippen LogP contribution >= 0.6 is 11.8 Å². The van der Waals surface area contributed by atoms with Crippen LogP contribution in [0.4, 0.5) is 11.4 Å². The zero-order valence-electron chi connectivity index (χ0n) is 19.9. The predicted molar refractivity (Wildman–Crippen MR) is 143 cm³/mol. The Balaban J connectivity index is 1.51. The summed E-state index contributed by atoms with van der Waals surface area (Å²) in [5.74, 6) is -2.79. The lowest BCUT2D eigenvalue weighted by atomic mass is 9.82. The molecule has 0 spiro atoms. The average molecular weight is 501 g/mol. The van der Waals surface area contributed by atoms with Crippen LogP contribution in [0.2, 0.25) is 0 Å². The van der Waals surface area contributed by atoms with Gasteiger partial charge in [-0.15, -0.1) is 11.8 Å². The lowest BCUT2D eigenvalue weighted by molar-refractivity contribution is -0.146. The van der Waals surface area contributed by atoms with Crippen LogP contribution < -0.4 is 10.6 Å². The fourth-order valence-electron chi connectivity index (χ4n) is 4.14. The van der Waals surface area contributed by atoms with Gasteiger partial charge in [-0.1, -0.05) is 66.2 Å². The van der Waals surface area contributed by atoms with Crippen molar-refractivity contribution in [2.24, 2.45) is 11.8 Å². The number of amides is 2. The monoisotopic (exact) mass is 500 g/mol. The number of benzene rings is 3. The molecule has 7 heteroatoms. The number of carboxylic acid groups (broad SMARTS) is 1. The maximum Gasteiger partial charge on any atom is 0.307 e. The molecule has 36 heavy (non-hydrogen) atoms. The molecular formula is C29H28N2O4S. The third-order valence-electron chi connectivity index (χ3n) is 6.10. The number of carboxylic acids is 1. The lowest BCUT2D eigenvalue weighted by Crippen LogP contribution is -2.34. The molecule has 2 amide bonds. The standard InChI is InChI=1S/C29H28N2O4S/c1-19-14-16-21(17-15-19)30-28(33)26(20-8-3-2-4-9-20)36-23-11-7-10-22(18-23)31-27(32)24-12-5-6-13-25(24)29(34)35/h2-11,14-18,24-26H,12-13H2,1H3,(H,30,33)(H,31,32)(H,34,35). The maximum absolute atomic E-state index is 13.3. The van der Waals surface area contributed by atoms with Gasteiger partial charge in [0, 0.05) is 16.3 Å². The highest BCUT2D eigenvalue weighted by molar-refractivity contribution is 8.00. The first-order valence-electron chi connectivity index (χ1n) is 11.8. The molecule has 3 aromatic rings. The second-order valence-corrected chi connectivity index (χ2v) is 9.95. The summed E-state index contributed by atoms with van der Waals surface area (Å²) >= 11 is 1.39. The molecule has 1 aliphatic carbocycles. The summed E-state index contributed by atoms with van der Waals surface area (Å²) in [6.07, 6.45) is 4.41. The Morgan fingerprint density at radius 2 is 1.53 bits per heavy atom. The van der Waals surface area contributed by atoms with Crippen LogP contribution in [0.5, 0.6) is 0 Å². The van der Waals surface area contributed by atoms with Crippen LogP contribution in [0.25, 0.3) is 0 Å². The van der Waals surface area contributed by atoms with Gasteiger partial charge in [0.1, 0.15) is 5.25 Å². The van der Waals surface area contributed by atoms with Crippen LogP contribution in [0, 0.1) is 18.8 Å². The number of carbonyl (C=O) groups is 3. The van der Waals surface area contributed by atoms with Crippen molar-refractivity contribution in [3.05, 3.63) is 102 Å². The van der Waals surface area contributed by atoms with Gasteiger partial charge in [0.2, 0.25) is 11.8 Å². The summed E-state index contributed by atoms with van der Waals surface area (Å²) in [4.78, 5) is 38.6. The molecule has 0 saturated heterocycles. The van der Waals surface area contributed by atoms with Crippen LogP contribution in [0.1, 0.15) is 29.2 Å². The van der Waals surface area contributed by atoms with E-state index < -0.39 is 23.1 Å². The SMILES string of the molecule is Cc1ccc(NC(=O)C(Sc2cccc(NC(=O)C3CC=CCC3C(=O)O)c2)c2ccccc2)cc1. The largest absolute Gasteiger partial charge is 0.481 e. The molecule has 3 unspecified atom stereocenters. The smallest absolute Gasteiger partial charge is 0.307 e. The molecule has 3 aromatic carbocycles. The molecule has 0 aromatic heterocycles. The Labute approximate surface area is 214 Å². The predicted octanol–water partition coefficient (Wildman–Crippen LogP) is 6.07. The number of hydrogen-bond donors (Lipinski definition) is 3. The van der Waals surface area contributed by atoms with Crippen molar-refractivity contribution in [1.82, 2.24) is 0 Å². The van der Waals surface area contributed by atoms with E-state index in [1.54, 1.807) is 6.07 Å². The van der Waals surface area contributed by atoms with Gasteiger partial charge in [-0.2, -0.15) is 0 Å². The number of nitrogens with one attached hydrogen (secondary N) is 2. The zero-order valence-corrected chi connectivity index (χ0v) is 20.7. The first kappa shape index (κ1) is 25.3.